The summed E-state index contributed by atoms with van der Waals surface area (Å²) in [4.78, 5) is 0. The molecule has 0 amide bonds. The number of hydrogen-bond donors (Lipinski definition) is 3. The van der Waals surface area contributed by atoms with Crippen LogP contribution in [0.5, 0.6) is 11.5 Å². The molecular weight excluding hydrogens is 268 g/mol. The molecule has 0 aliphatic carbocycles. The van der Waals surface area contributed by atoms with Crippen LogP contribution in [-0.2, 0) is 0 Å². The van der Waals surface area contributed by atoms with E-state index in [1.54, 1.807) is 13.2 Å². The average molecular weight is 288 g/mol. The van der Waals surface area contributed by atoms with Gasteiger partial charge in [0, 0.05) is 18.2 Å². The fourth-order valence-corrected chi connectivity index (χ4v) is 2.61. The SMILES string of the molecule is COc1c(OC2CCCNC2)cccc1-c1cc(N)n[nH]1. The predicted octanol–water partition coefficient (Wildman–Crippen LogP) is 1.80. The van der Waals surface area contributed by atoms with Crippen molar-refractivity contribution in [3.05, 3.63) is 24.3 Å². The fraction of sp³-hybridized carbons (Fsp3) is 0.400. The number of nitrogens with two attached hydrogens (primary N) is 1. The number of para-hydroxylation sites is 1. The third-order valence-electron chi connectivity index (χ3n) is 3.62. The zero-order valence-corrected chi connectivity index (χ0v) is 12.1. The van der Waals surface area contributed by atoms with Gasteiger partial charge in [0.25, 0.3) is 0 Å². The van der Waals surface area contributed by atoms with E-state index in [1.165, 1.54) is 0 Å². The number of rotatable bonds is 4. The lowest BCUT2D eigenvalue weighted by molar-refractivity contribution is 0.161. The minimum atomic E-state index is 0.176. The molecule has 2 aromatic rings. The summed E-state index contributed by atoms with van der Waals surface area (Å²) in [5, 5.41) is 10.2. The molecule has 4 N–H and O–H groups in total. The maximum Gasteiger partial charge on any atom is 0.170 e. The van der Waals surface area contributed by atoms with E-state index >= 15 is 0 Å². The Morgan fingerprint density at radius 3 is 2.95 bits per heavy atom. The van der Waals surface area contributed by atoms with Gasteiger partial charge in [-0.1, -0.05) is 6.07 Å². The first-order valence-corrected chi connectivity index (χ1v) is 7.13. The van der Waals surface area contributed by atoms with E-state index < -0.39 is 0 Å². The molecule has 6 heteroatoms. The van der Waals surface area contributed by atoms with E-state index in [1.807, 2.05) is 18.2 Å². The second kappa shape index (κ2) is 6.05. The zero-order chi connectivity index (χ0) is 14.7. The van der Waals surface area contributed by atoms with E-state index in [9.17, 15) is 0 Å². The lowest BCUT2D eigenvalue weighted by atomic mass is 10.1. The lowest BCUT2D eigenvalue weighted by Crippen LogP contribution is -2.37. The zero-order valence-electron chi connectivity index (χ0n) is 12.1. The predicted molar refractivity (Wildman–Crippen MR) is 81.5 cm³/mol. The van der Waals surface area contributed by atoms with Gasteiger partial charge in [-0.25, -0.2) is 0 Å². The minimum Gasteiger partial charge on any atom is -0.492 e. The number of methoxy groups -OCH3 is 1. The van der Waals surface area contributed by atoms with Crippen LogP contribution in [0.1, 0.15) is 12.8 Å². The summed E-state index contributed by atoms with van der Waals surface area (Å²) in [6.45, 7) is 1.93. The topological polar surface area (TPSA) is 85.2 Å². The van der Waals surface area contributed by atoms with Crippen molar-refractivity contribution in [2.75, 3.05) is 25.9 Å². The molecule has 3 rings (SSSR count). The molecule has 0 bridgehead atoms. The Kier molecular flexibility index (Phi) is 3.96. The Balaban J connectivity index is 1.90. The van der Waals surface area contributed by atoms with Crippen LogP contribution in [-0.4, -0.2) is 36.5 Å². The number of ether oxygens (including phenoxy) is 2. The molecule has 0 spiro atoms. The largest absolute Gasteiger partial charge is 0.492 e. The summed E-state index contributed by atoms with van der Waals surface area (Å²) >= 11 is 0. The number of benzene rings is 1. The summed E-state index contributed by atoms with van der Waals surface area (Å²) in [7, 11) is 1.64. The molecule has 1 saturated heterocycles. The molecule has 0 saturated carbocycles. The molecule has 1 aromatic heterocycles. The highest BCUT2D eigenvalue weighted by molar-refractivity contribution is 5.72. The van der Waals surface area contributed by atoms with Crippen molar-refractivity contribution in [3.63, 3.8) is 0 Å². The molecule has 21 heavy (non-hydrogen) atoms. The van der Waals surface area contributed by atoms with E-state index in [2.05, 4.69) is 15.5 Å². The number of nitrogens with one attached hydrogen (secondary N) is 2. The summed E-state index contributed by atoms with van der Waals surface area (Å²) in [6, 6.07) is 7.61. The van der Waals surface area contributed by atoms with Gasteiger partial charge in [0.2, 0.25) is 0 Å². The van der Waals surface area contributed by atoms with Crippen LogP contribution < -0.4 is 20.5 Å². The standard InChI is InChI=1S/C15H20N4O2/c1-20-15-11(12-8-14(16)19-18-12)5-2-6-13(15)21-10-4-3-7-17-9-10/h2,5-6,8,10,17H,3-4,7,9H2,1H3,(H3,16,18,19). The molecule has 1 aliphatic heterocycles. The van der Waals surface area contributed by atoms with Gasteiger partial charge in [0.15, 0.2) is 11.5 Å². The normalized spacial score (nSPS) is 18.4. The summed E-state index contributed by atoms with van der Waals surface area (Å²) in [5.41, 5.74) is 7.38. The number of nitrogens with zero attached hydrogens (tertiary/aromatic N) is 1. The van der Waals surface area contributed by atoms with Crippen molar-refractivity contribution in [2.24, 2.45) is 0 Å². The van der Waals surface area contributed by atoms with Gasteiger partial charge < -0.3 is 20.5 Å². The van der Waals surface area contributed by atoms with Crippen LogP contribution in [0, 0.1) is 0 Å². The second-order valence-corrected chi connectivity index (χ2v) is 5.13. The molecular formula is C15H20N4O2. The second-order valence-electron chi connectivity index (χ2n) is 5.13. The number of hydrogen-bond acceptors (Lipinski definition) is 5. The van der Waals surface area contributed by atoms with Crippen molar-refractivity contribution in [1.82, 2.24) is 15.5 Å². The highest BCUT2D eigenvalue weighted by Crippen LogP contribution is 2.38. The molecule has 1 aliphatic rings. The van der Waals surface area contributed by atoms with Gasteiger partial charge in [-0.15, -0.1) is 0 Å². The summed E-state index contributed by atoms with van der Waals surface area (Å²) in [6.07, 6.45) is 2.36. The van der Waals surface area contributed by atoms with Gasteiger partial charge >= 0.3 is 0 Å². The van der Waals surface area contributed by atoms with Crippen LogP contribution in [0.4, 0.5) is 5.82 Å². The van der Waals surface area contributed by atoms with Gasteiger partial charge in [-0.3, -0.25) is 5.10 Å². The van der Waals surface area contributed by atoms with Crippen LogP contribution in [0.25, 0.3) is 11.3 Å². The Hall–Kier alpha value is -2.21. The van der Waals surface area contributed by atoms with Gasteiger partial charge in [-0.05, 0) is 31.5 Å². The quantitative estimate of drug-likeness (QED) is 0.799. The first kappa shape index (κ1) is 13.8. The smallest absolute Gasteiger partial charge is 0.170 e. The van der Waals surface area contributed by atoms with Crippen LogP contribution in [0.15, 0.2) is 24.3 Å². The minimum absolute atomic E-state index is 0.176. The molecule has 6 nitrogen and oxygen atoms in total. The Morgan fingerprint density at radius 2 is 2.29 bits per heavy atom. The van der Waals surface area contributed by atoms with E-state index in [-0.39, 0.29) is 6.10 Å². The number of aromatic nitrogens is 2. The third-order valence-corrected chi connectivity index (χ3v) is 3.62. The molecule has 2 heterocycles. The van der Waals surface area contributed by atoms with E-state index in [4.69, 9.17) is 15.2 Å². The van der Waals surface area contributed by atoms with E-state index in [0.717, 1.165) is 42.9 Å². The van der Waals surface area contributed by atoms with Gasteiger partial charge in [0.1, 0.15) is 11.9 Å². The Bertz CT molecular complexity index is 605. The number of H-pyrrole nitrogens is 1. The first-order valence-electron chi connectivity index (χ1n) is 7.13. The van der Waals surface area contributed by atoms with Crippen molar-refractivity contribution in [2.45, 2.75) is 18.9 Å². The van der Waals surface area contributed by atoms with Crippen LogP contribution in [0.3, 0.4) is 0 Å². The van der Waals surface area contributed by atoms with E-state index in [0.29, 0.717) is 11.6 Å². The van der Waals surface area contributed by atoms with Gasteiger partial charge in [-0.2, -0.15) is 5.10 Å². The number of anilines is 1. The maximum atomic E-state index is 6.09. The Morgan fingerprint density at radius 1 is 1.38 bits per heavy atom. The number of nitrogen functional groups attached to an aromatic ring is 1. The summed E-state index contributed by atoms with van der Waals surface area (Å²) < 4.78 is 11.6. The Labute approximate surface area is 123 Å². The maximum absolute atomic E-state index is 6.09. The van der Waals surface area contributed by atoms with Crippen molar-refractivity contribution in [3.8, 4) is 22.8 Å². The monoisotopic (exact) mass is 288 g/mol. The average Bonchev–Trinajstić information content (AvgIpc) is 2.94. The van der Waals surface area contributed by atoms with Crippen molar-refractivity contribution >= 4 is 5.82 Å². The first-order chi connectivity index (χ1) is 10.3. The molecule has 112 valence electrons. The summed E-state index contributed by atoms with van der Waals surface area (Å²) in [5.74, 6) is 1.90. The molecule has 1 unspecified atom stereocenters. The van der Waals surface area contributed by atoms with Crippen LogP contribution in [0.2, 0.25) is 0 Å². The number of aromatic amines is 1. The highest BCUT2D eigenvalue weighted by atomic mass is 16.5. The fourth-order valence-electron chi connectivity index (χ4n) is 2.61. The molecule has 1 atom stereocenters. The molecule has 1 fully saturated rings. The van der Waals surface area contributed by atoms with Gasteiger partial charge in [0.05, 0.1) is 12.8 Å². The molecule has 1 aromatic carbocycles. The van der Waals surface area contributed by atoms with Crippen molar-refractivity contribution in [1.29, 1.82) is 0 Å². The highest BCUT2D eigenvalue weighted by Gasteiger charge is 2.19. The lowest BCUT2D eigenvalue weighted by Gasteiger charge is -2.25. The van der Waals surface area contributed by atoms with Crippen LogP contribution >= 0.6 is 0 Å². The molecule has 0 radical (unpaired) electrons. The van der Waals surface area contributed by atoms with Crippen molar-refractivity contribution < 1.29 is 9.47 Å². The third kappa shape index (κ3) is 2.95. The number of piperidine rings is 1.